The summed E-state index contributed by atoms with van der Waals surface area (Å²) in [4.78, 5) is 13.2. The largest absolute Gasteiger partial charge is 0.486 e. The van der Waals surface area contributed by atoms with Gasteiger partial charge in [-0.25, -0.2) is 4.98 Å². The van der Waals surface area contributed by atoms with E-state index in [4.69, 9.17) is 22.2 Å². The van der Waals surface area contributed by atoms with Crippen LogP contribution in [0.25, 0.3) is 66.8 Å². The smallest absolute Gasteiger partial charge is 0.216 e. The SMILES string of the molecule is [2H]C([2H])([2H])c1c[c-]c(-c2cc(C(C)(C)C)ccn2)cc1-c1c(C(C)C)cccc1C(C)C.[2H]c1cc(C2([2H])CCC(C)(C)CC2)cc(C([2H])([2H])[2H])c1-c1cc(-c2[c-]ccc3c2oc2nc(C([2H])([2H])[2H])ccc23)ncc1C([2H])([2H])[2H].[Ir]. The Morgan fingerprint density at radius 1 is 0.773 bits per heavy atom. The van der Waals surface area contributed by atoms with E-state index in [1.165, 1.54) is 29.8 Å². The van der Waals surface area contributed by atoms with E-state index < -0.39 is 33.3 Å². The average molecular weight is 1060 g/mol. The van der Waals surface area contributed by atoms with Gasteiger partial charge in [0, 0.05) is 61.4 Å². The first-order valence-electron chi connectivity index (χ1n) is 29.6. The maximum atomic E-state index is 9.25. The van der Waals surface area contributed by atoms with E-state index in [0.717, 1.165) is 52.5 Å². The van der Waals surface area contributed by atoms with Crippen molar-refractivity contribution in [3.05, 3.63) is 160 Å². The van der Waals surface area contributed by atoms with E-state index in [1.807, 2.05) is 18.3 Å². The molecule has 8 aromatic rings. The molecule has 1 aliphatic carbocycles. The molecule has 0 spiro atoms. The quantitative estimate of drug-likeness (QED) is 0.149. The summed E-state index contributed by atoms with van der Waals surface area (Å²) in [6.07, 6.45) is 5.57. The second kappa shape index (κ2) is 19.6. The number of hydrogen-bond donors (Lipinski definition) is 0. The Labute approximate surface area is 428 Å². The van der Waals surface area contributed by atoms with Gasteiger partial charge < -0.3 is 14.4 Å². The van der Waals surface area contributed by atoms with Crippen LogP contribution in [0.5, 0.6) is 0 Å². The summed E-state index contributed by atoms with van der Waals surface area (Å²) in [5.74, 6) is -0.536. The molecule has 1 aliphatic rings. The molecule has 343 valence electrons. The zero-order valence-corrected chi connectivity index (χ0v) is 41.7. The monoisotopic (exact) mass is 1060 g/mol. The maximum absolute atomic E-state index is 9.25. The first-order chi connectivity index (χ1) is 36.5. The van der Waals surface area contributed by atoms with Gasteiger partial charge in [-0.1, -0.05) is 134 Å². The van der Waals surface area contributed by atoms with Gasteiger partial charge in [-0.15, -0.1) is 47.5 Å². The second-order valence-corrected chi connectivity index (χ2v) is 19.8. The van der Waals surface area contributed by atoms with Crippen molar-refractivity contribution in [1.82, 2.24) is 15.0 Å². The fraction of sp³-hybridized carbons (Fsp3) is 0.361. The zero-order chi connectivity index (χ0) is 58.2. The van der Waals surface area contributed by atoms with Gasteiger partial charge in [0.25, 0.3) is 0 Å². The first-order valence-corrected chi connectivity index (χ1v) is 22.6. The van der Waals surface area contributed by atoms with Crippen LogP contribution in [0.1, 0.15) is 170 Å². The van der Waals surface area contributed by atoms with Gasteiger partial charge in [-0.05, 0) is 154 Å². The van der Waals surface area contributed by atoms with Crippen LogP contribution in [0.15, 0.2) is 108 Å². The van der Waals surface area contributed by atoms with Gasteiger partial charge >= 0.3 is 0 Å². The molecule has 4 nitrogen and oxygen atoms in total. The molecule has 1 radical (unpaired) electrons. The molecule has 9 rings (SSSR count). The van der Waals surface area contributed by atoms with Crippen LogP contribution in [-0.2, 0) is 25.5 Å². The van der Waals surface area contributed by atoms with Crippen LogP contribution >= 0.6 is 0 Å². The van der Waals surface area contributed by atoms with Gasteiger partial charge in [0.05, 0.1) is 6.95 Å². The van der Waals surface area contributed by atoms with Crippen molar-refractivity contribution in [1.29, 1.82) is 0 Å². The molecule has 66 heavy (non-hydrogen) atoms. The predicted octanol–water partition coefficient (Wildman–Crippen LogP) is 17.2. The molecule has 1 fully saturated rings. The number of fused-ring (bicyclic) bond motifs is 3. The molecule has 0 atom stereocenters. The van der Waals surface area contributed by atoms with E-state index in [0.29, 0.717) is 40.3 Å². The summed E-state index contributed by atoms with van der Waals surface area (Å²) in [5, 5.41) is 1.17. The Balaban J connectivity index is 0.000000246. The van der Waals surface area contributed by atoms with Gasteiger partial charge in [0.1, 0.15) is 0 Å². The molecule has 4 heterocycles. The molecule has 0 N–H and O–H groups in total. The number of rotatable bonds is 7. The third-order valence-electron chi connectivity index (χ3n) is 12.8. The first kappa shape index (κ1) is 33.3. The topological polar surface area (TPSA) is 51.8 Å². The number of nitrogens with zero attached hydrogens (tertiary/aromatic N) is 3. The standard InChI is InChI=1S/C33H33N2O.C28H34N.Ir/c1-20-17-24(23-13-15-33(4,5)16-14-23)10-12-25(20)29-18-30(34-19-21(29)2)28-8-6-7-26-27-11-9-22(3)35-32(27)36-31(26)28;1-18(2)23-10-9-11-24(19(3)4)27(23)25-16-21(13-12-20(25)5)26-17-22(14-15-29-26)28(6,7)8;/h6-7,9-12,17-19,23H,13-16H2,1-5H3;9-12,14-19H,1-8H3;/q2*-1;/i1D3,2D3,3D3,12D,23D;5D3;. The number of aromatic nitrogens is 3. The van der Waals surface area contributed by atoms with Crippen molar-refractivity contribution in [3.8, 4) is 44.8 Å². The average Bonchev–Trinajstić information content (AvgIpc) is 3.74. The summed E-state index contributed by atoms with van der Waals surface area (Å²) >= 11 is 0. The molecular formula is C61H67IrN3O-2. The van der Waals surface area contributed by atoms with Crippen LogP contribution in [0.3, 0.4) is 0 Å². The van der Waals surface area contributed by atoms with Gasteiger partial charge in [-0.3, -0.25) is 0 Å². The Morgan fingerprint density at radius 3 is 2.20 bits per heavy atom. The molecule has 0 bridgehead atoms. The zero-order valence-electron chi connectivity index (χ0n) is 53.3. The van der Waals surface area contributed by atoms with Crippen LogP contribution in [0, 0.1) is 45.0 Å². The number of furan rings is 1. The van der Waals surface area contributed by atoms with Crippen LogP contribution in [-0.4, -0.2) is 15.0 Å². The van der Waals surface area contributed by atoms with Crippen LogP contribution < -0.4 is 0 Å². The minimum atomic E-state index is -2.72. The van der Waals surface area contributed by atoms with E-state index >= 15 is 0 Å². The van der Waals surface area contributed by atoms with E-state index in [1.54, 1.807) is 24.3 Å². The summed E-state index contributed by atoms with van der Waals surface area (Å²) < 4.78 is 122. The molecule has 1 saturated carbocycles. The van der Waals surface area contributed by atoms with Crippen molar-refractivity contribution in [3.63, 3.8) is 0 Å². The van der Waals surface area contributed by atoms with Crippen molar-refractivity contribution >= 4 is 22.1 Å². The molecule has 0 saturated heterocycles. The third-order valence-corrected chi connectivity index (χ3v) is 12.8. The molecule has 0 unspecified atom stereocenters. The normalized spacial score (nSPS) is 18.5. The third kappa shape index (κ3) is 10.2. The van der Waals surface area contributed by atoms with E-state index in [2.05, 4.69) is 114 Å². The minimum absolute atomic E-state index is 0. The molecule has 0 aliphatic heterocycles. The van der Waals surface area contributed by atoms with Gasteiger partial charge in [0.15, 0.2) is 0 Å². The van der Waals surface area contributed by atoms with E-state index in [9.17, 15) is 1.37 Å². The molecule has 4 aromatic carbocycles. The summed E-state index contributed by atoms with van der Waals surface area (Å²) in [7, 11) is 0. The van der Waals surface area contributed by atoms with Crippen LogP contribution in [0.4, 0.5) is 0 Å². The second-order valence-electron chi connectivity index (χ2n) is 19.8. The number of benzene rings is 4. The summed E-state index contributed by atoms with van der Waals surface area (Å²) in [5.41, 5.74) is 8.04. The van der Waals surface area contributed by atoms with Crippen molar-refractivity contribution < 1.29 is 43.7 Å². The Morgan fingerprint density at radius 2 is 1.52 bits per heavy atom. The van der Waals surface area contributed by atoms with E-state index in [-0.39, 0.29) is 93.8 Å². The number of hydrogen-bond acceptors (Lipinski definition) is 4. The van der Waals surface area contributed by atoms with Crippen molar-refractivity contribution in [2.24, 2.45) is 5.41 Å². The Bertz CT molecular complexity index is 3550. The molecule has 5 heteroatoms. The van der Waals surface area contributed by atoms with Crippen LogP contribution in [0.2, 0.25) is 0 Å². The minimum Gasteiger partial charge on any atom is -0.486 e. The van der Waals surface area contributed by atoms with Crippen molar-refractivity contribution in [2.45, 2.75) is 139 Å². The summed E-state index contributed by atoms with van der Waals surface area (Å²) in [6, 6.07) is 30.9. The number of pyridine rings is 3. The summed E-state index contributed by atoms with van der Waals surface area (Å²) in [6.45, 7) is 9.33. The molecule has 0 amide bonds. The fourth-order valence-electron chi connectivity index (χ4n) is 8.81. The Hall–Kier alpha value is -5.22. The van der Waals surface area contributed by atoms with Crippen molar-refractivity contribution in [2.75, 3.05) is 0 Å². The predicted molar refractivity (Wildman–Crippen MR) is 274 cm³/mol. The fourth-order valence-corrected chi connectivity index (χ4v) is 8.81. The Kier molecular flexibility index (Phi) is 9.86. The maximum Gasteiger partial charge on any atom is 0.216 e. The molecular weight excluding hydrogens is 983 g/mol. The van der Waals surface area contributed by atoms with Gasteiger partial charge in [-0.2, -0.15) is 0 Å². The number of aryl methyl sites for hydroxylation is 4. The molecule has 4 aromatic heterocycles. The van der Waals surface area contributed by atoms with Gasteiger partial charge in [0.2, 0.25) is 5.71 Å².